The Balaban J connectivity index is 1.83. The van der Waals surface area contributed by atoms with Gasteiger partial charge in [-0.3, -0.25) is 0 Å². The normalized spacial score (nSPS) is 10.9. The lowest BCUT2D eigenvalue weighted by Crippen LogP contribution is -1.97. The molecule has 0 aliphatic rings. The van der Waals surface area contributed by atoms with Crippen molar-refractivity contribution in [2.24, 2.45) is 0 Å². The summed E-state index contributed by atoms with van der Waals surface area (Å²) in [5.74, 6) is 0. The number of benzene rings is 4. The van der Waals surface area contributed by atoms with E-state index in [-0.39, 0.29) is 0 Å². The molecule has 0 saturated carbocycles. The Kier molecular flexibility index (Phi) is 5.86. The lowest BCUT2D eigenvalue weighted by atomic mass is 9.91. The molecule has 0 fully saturated rings. The molecule has 0 aliphatic heterocycles. The van der Waals surface area contributed by atoms with Crippen LogP contribution in [0.5, 0.6) is 0 Å². The van der Waals surface area contributed by atoms with E-state index in [1.807, 2.05) is 0 Å². The van der Waals surface area contributed by atoms with Gasteiger partial charge in [-0.25, -0.2) is 4.98 Å². The Morgan fingerprint density at radius 3 is 0.912 bits per heavy atom. The molecule has 0 spiro atoms. The summed E-state index contributed by atoms with van der Waals surface area (Å²) >= 11 is 0. The average molecular weight is 440 g/mol. The molecule has 1 nitrogen and oxygen atoms in total. The molecule has 166 valence electrons. The summed E-state index contributed by atoms with van der Waals surface area (Å²) in [6, 6.07) is 37.2. The smallest absolute Gasteiger partial charge is 0.0788 e. The fourth-order valence-electron chi connectivity index (χ4n) is 4.28. The molecule has 4 aromatic carbocycles. The maximum absolute atomic E-state index is 5.37. The van der Waals surface area contributed by atoms with Crippen molar-refractivity contribution < 1.29 is 0 Å². The third-order valence-electron chi connectivity index (χ3n) is 6.40. The molecule has 5 rings (SSSR count). The predicted molar refractivity (Wildman–Crippen MR) is 145 cm³/mol. The number of aryl methyl sites for hydroxylation is 4. The van der Waals surface area contributed by atoms with E-state index in [2.05, 4.69) is 131 Å². The van der Waals surface area contributed by atoms with Crippen LogP contribution >= 0.6 is 0 Å². The van der Waals surface area contributed by atoms with Crippen LogP contribution in [-0.4, -0.2) is 4.98 Å². The summed E-state index contributed by atoms with van der Waals surface area (Å²) in [6.07, 6.45) is 0. The molecule has 0 atom stereocenters. The van der Waals surface area contributed by atoms with Crippen molar-refractivity contribution >= 4 is 0 Å². The van der Waals surface area contributed by atoms with Crippen LogP contribution in [0.3, 0.4) is 0 Å². The number of rotatable bonds is 4. The Morgan fingerprint density at radius 1 is 0.353 bits per heavy atom. The van der Waals surface area contributed by atoms with Crippen molar-refractivity contribution in [1.82, 2.24) is 4.98 Å². The number of nitrogens with zero attached hydrogens (tertiary/aromatic N) is 1. The molecule has 0 radical (unpaired) electrons. The molecule has 0 N–H and O–H groups in total. The maximum atomic E-state index is 5.37. The van der Waals surface area contributed by atoms with Gasteiger partial charge in [0.2, 0.25) is 0 Å². The fraction of sp³-hybridized carbons (Fsp3) is 0.121. The zero-order valence-electron chi connectivity index (χ0n) is 20.3. The van der Waals surface area contributed by atoms with Crippen LogP contribution in [0.25, 0.3) is 44.8 Å². The van der Waals surface area contributed by atoms with Crippen molar-refractivity contribution in [3.63, 3.8) is 0 Å². The summed E-state index contributed by atoms with van der Waals surface area (Å²) in [7, 11) is 0. The lowest BCUT2D eigenvalue weighted by molar-refractivity contribution is 1.31. The van der Waals surface area contributed by atoms with Crippen LogP contribution in [0.1, 0.15) is 22.3 Å². The average Bonchev–Trinajstić information content (AvgIpc) is 2.85. The van der Waals surface area contributed by atoms with Crippen LogP contribution in [0.15, 0.2) is 103 Å². The van der Waals surface area contributed by atoms with Gasteiger partial charge in [0.05, 0.1) is 11.4 Å². The highest BCUT2D eigenvalue weighted by Gasteiger charge is 2.17. The fourth-order valence-corrected chi connectivity index (χ4v) is 4.28. The monoisotopic (exact) mass is 439 g/mol. The van der Waals surface area contributed by atoms with E-state index in [0.717, 1.165) is 33.6 Å². The van der Waals surface area contributed by atoms with Crippen molar-refractivity contribution in [3.05, 3.63) is 125 Å². The van der Waals surface area contributed by atoms with E-state index in [4.69, 9.17) is 4.98 Å². The third kappa shape index (κ3) is 4.43. The van der Waals surface area contributed by atoms with E-state index in [0.29, 0.717) is 0 Å². The third-order valence-corrected chi connectivity index (χ3v) is 6.40. The highest BCUT2D eigenvalue weighted by molar-refractivity contribution is 5.91. The number of hydrogen-bond acceptors (Lipinski definition) is 1. The standard InChI is InChI=1S/C33H29N/c1-22-5-13-26(14-6-22)30-21-31(27-15-7-23(2)8-16-27)33(29-19-11-25(4)12-20-29)34-32(30)28-17-9-24(3)10-18-28/h5-21H,1-4H3. The second kappa shape index (κ2) is 9.11. The van der Waals surface area contributed by atoms with E-state index in [9.17, 15) is 0 Å². The Bertz CT molecular complexity index is 1200. The van der Waals surface area contributed by atoms with Crippen LogP contribution in [-0.2, 0) is 0 Å². The highest BCUT2D eigenvalue weighted by atomic mass is 14.7. The van der Waals surface area contributed by atoms with Crippen LogP contribution in [0.4, 0.5) is 0 Å². The molecule has 1 aromatic heterocycles. The second-order valence-electron chi connectivity index (χ2n) is 9.24. The minimum absolute atomic E-state index is 1.01. The molecule has 0 saturated heterocycles. The van der Waals surface area contributed by atoms with Crippen molar-refractivity contribution in [3.8, 4) is 44.8 Å². The Labute approximate surface area is 202 Å². The zero-order chi connectivity index (χ0) is 23.7. The molecular weight excluding hydrogens is 410 g/mol. The van der Waals surface area contributed by atoms with Crippen LogP contribution in [0, 0.1) is 27.7 Å². The molecular formula is C33H29N. The summed E-state index contributed by atoms with van der Waals surface area (Å²) in [6.45, 7) is 8.49. The molecule has 34 heavy (non-hydrogen) atoms. The van der Waals surface area contributed by atoms with Crippen LogP contribution in [0.2, 0.25) is 0 Å². The number of aromatic nitrogens is 1. The van der Waals surface area contributed by atoms with Gasteiger partial charge in [0.25, 0.3) is 0 Å². The van der Waals surface area contributed by atoms with Gasteiger partial charge in [0.15, 0.2) is 0 Å². The largest absolute Gasteiger partial charge is 0.246 e. The minimum Gasteiger partial charge on any atom is -0.246 e. The zero-order valence-corrected chi connectivity index (χ0v) is 20.3. The van der Waals surface area contributed by atoms with Gasteiger partial charge in [-0.05, 0) is 44.9 Å². The Morgan fingerprint density at radius 2 is 0.618 bits per heavy atom. The van der Waals surface area contributed by atoms with Crippen molar-refractivity contribution in [2.45, 2.75) is 27.7 Å². The summed E-state index contributed by atoms with van der Waals surface area (Å²) in [5, 5.41) is 0. The first-order chi connectivity index (χ1) is 16.5. The Hall–Kier alpha value is -3.97. The van der Waals surface area contributed by atoms with E-state index in [1.165, 1.54) is 33.4 Å². The minimum atomic E-state index is 1.01. The summed E-state index contributed by atoms with van der Waals surface area (Å²) in [5.41, 5.74) is 13.9. The summed E-state index contributed by atoms with van der Waals surface area (Å²) < 4.78 is 0. The highest BCUT2D eigenvalue weighted by Crippen LogP contribution is 2.40. The first-order valence-electron chi connectivity index (χ1n) is 11.8. The molecule has 5 aromatic rings. The molecule has 0 amide bonds. The van der Waals surface area contributed by atoms with Gasteiger partial charge in [-0.2, -0.15) is 0 Å². The molecule has 1 heterocycles. The molecule has 1 heteroatoms. The van der Waals surface area contributed by atoms with Crippen molar-refractivity contribution in [1.29, 1.82) is 0 Å². The summed E-state index contributed by atoms with van der Waals surface area (Å²) in [4.78, 5) is 5.37. The molecule has 0 aliphatic carbocycles. The van der Waals surface area contributed by atoms with Gasteiger partial charge in [0, 0.05) is 22.3 Å². The maximum Gasteiger partial charge on any atom is 0.0788 e. The van der Waals surface area contributed by atoms with Gasteiger partial charge < -0.3 is 0 Å². The number of pyridine rings is 1. The first kappa shape index (κ1) is 21.9. The molecule has 0 unspecified atom stereocenters. The molecule has 0 bridgehead atoms. The second-order valence-corrected chi connectivity index (χ2v) is 9.24. The van der Waals surface area contributed by atoms with Gasteiger partial charge in [-0.15, -0.1) is 0 Å². The SMILES string of the molecule is Cc1ccc(-c2cc(-c3ccc(C)cc3)c(-c3ccc(C)cc3)nc2-c2ccc(C)cc2)cc1. The number of hydrogen-bond donors (Lipinski definition) is 0. The lowest BCUT2D eigenvalue weighted by Gasteiger charge is -2.17. The van der Waals surface area contributed by atoms with Gasteiger partial charge in [-0.1, -0.05) is 119 Å². The quantitative estimate of drug-likeness (QED) is 0.272. The topological polar surface area (TPSA) is 12.9 Å². The first-order valence-corrected chi connectivity index (χ1v) is 11.8. The van der Waals surface area contributed by atoms with Crippen LogP contribution < -0.4 is 0 Å². The van der Waals surface area contributed by atoms with E-state index in [1.54, 1.807) is 0 Å². The van der Waals surface area contributed by atoms with Gasteiger partial charge >= 0.3 is 0 Å². The van der Waals surface area contributed by atoms with E-state index >= 15 is 0 Å². The van der Waals surface area contributed by atoms with Crippen molar-refractivity contribution in [2.75, 3.05) is 0 Å². The van der Waals surface area contributed by atoms with Gasteiger partial charge in [0.1, 0.15) is 0 Å². The van der Waals surface area contributed by atoms with E-state index < -0.39 is 0 Å². The predicted octanol–water partition coefficient (Wildman–Crippen LogP) is 8.98.